The van der Waals surface area contributed by atoms with Crippen LogP contribution in [0.3, 0.4) is 0 Å². The molecule has 2 aromatic rings. The van der Waals surface area contributed by atoms with E-state index >= 15 is 0 Å². The van der Waals surface area contributed by atoms with Crippen LogP contribution in [0.5, 0.6) is 0 Å². The second-order valence-corrected chi connectivity index (χ2v) is 6.12. The summed E-state index contributed by atoms with van der Waals surface area (Å²) in [6.45, 7) is 0.312. The van der Waals surface area contributed by atoms with Crippen LogP contribution in [0, 0.1) is 11.2 Å². The minimum atomic E-state index is -3.58. The summed E-state index contributed by atoms with van der Waals surface area (Å²) in [5.41, 5.74) is 1.62. The van der Waals surface area contributed by atoms with Crippen molar-refractivity contribution in [2.24, 2.45) is 0 Å². The summed E-state index contributed by atoms with van der Waals surface area (Å²) in [5, 5.41) is 2.34. The Bertz CT molecular complexity index is 713. The van der Waals surface area contributed by atoms with Crippen molar-refractivity contribution in [2.75, 3.05) is 7.05 Å². The lowest BCUT2D eigenvalue weighted by Gasteiger charge is -2.12. The highest BCUT2D eigenvalue weighted by Crippen LogP contribution is 2.07. The Kier molecular flexibility index (Phi) is 4.57. The molecule has 0 N–H and O–H groups in total. The summed E-state index contributed by atoms with van der Waals surface area (Å²) in [7, 11) is -2.05. The predicted octanol–water partition coefficient (Wildman–Crippen LogP) is 2.46. The van der Waals surface area contributed by atoms with Crippen molar-refractivity contribution in [1.29, 1.82) is 0 Å². The number of nitrogens with zero attached hydrogens (tertiary/aromatic N) is 1. The highest BCUT2D eigenvalue weighted by atomic mass is 32.2. The highest BCUT2D eigenvalue weighted by Gasteiger charge is 2.14. The van der Waals surface area contributed by atoms with Gasteiger partial charge < -0.3 is 0 Å². The van der Waals surface area contributed by atoms with Crippen molar-refractivity contribution in [3.63, 3.8) is 0 Å². The molecule has 102 valence electrons. The molecule has 0 heterocycles. The SMILES string of the molecule is CN(Cc1ccccc1)S(=O)(=O)C#Cc1ccccc1. The van der Waals surface area contributed by atoms with Gasteiger partial charge in [-0.2, -0.15) is 12.7 Å². The third-order valence-corrected chi connectivity index (χ3v) is 4.07. The van der Waals surface area contributed by atoms with Crippen molar-refractivity contribution >= 4 is 10.0 Å². The molecule has 0 aliphatic carbocycles. The van der Waals surface area contributed by atoms with Gasteiger partial charge in [-0.3, -0.25) is 0 Å². The molecule has 4 heteroatoms. The molecule has 3 nitrogen and oxygen atoms in total. The maximum absolute atomic E-state index is 12.1. The first-order valence-corrected chi connectivity index (χ1v) is 7.60. The minimum Gasteiger partial charge on any atom is -0.198 e. The van der Waals surface area contributed by atoms with Crippen LogP contribution < -0.4 is 0 Å². The number of rotatable bonds is 3. The van der Waals surface area contributed by atoms with Gasteiger partial charge in [0.2, 0.25) is 0 Å². The van der Waals surface area contributed by atoms with Crippen molar-refractivity contribution in [2.45, 2.75) is 6.54 Å². The van der Waals surface area contributed by atoms with Crippen LogP contribution >= 0.6 is 0 Å². The van der Waals surface area contributed by atoms with Crippen molar-refractivity contribution in [3.8, 4) is 11.2 Å². The van der Waals surface area contributed by atoms with Crippen LogP contribution in [-0.2, 0) is 16.6 Å². The minimum absolute atomic E-state index is 0.312. The molecule has 20 heavy (non-hydrogen) atoms. The molecule has 0 aliphatic rings. The quantitative estimate of drug-likeness (QED) is 0.812. The molecule has 0 bridgehead atoms. The number of benzene rings is 2. The lowest BCUT2D eigenvalue weighted by Crippen LogP contribution is -2.24. The smallest absolute Gasteiger partial charge is 0.198 e. The monoisotopic (exact) mass is 285 g/mol. The first kappa shape index (κ1) is 14.3. The van der Waals surface area contributed by atoms with Crippen LogP contribution in [0.25, 0.3) is 0 Å². The zero-order valence-electron chi connectivity index (χ0n) is 11.2. The Morgan fingerprint density at radius 3 is 2.10 bits per heavy atom. The normalized spacial score (nSPS) is 10.9. The van der Waals surface area contributed by atoms with Gasteiger partial charge in [0.25, 0.3) is 10.0 Å². The molecule has 0 radical (unpaired) electrons. The lowest BCUT2D eigenvalue weighted by molar-refractivity contribution is 0.477. The second-order valence-electron chi connectivity index (χ2n) is 4.34. The zero-order valence-corrected chi connectivity index (χ0v) is 12.0. The van der Waals surface area contributed by atoms with E-state index in [9.17, 15) is 8.42 Å². The largest absolute Gasteiger partial charge is 0.283 e. The van der Waals surface area contributed by atoms with E-state index in [0.29, 0.717) is 12.1 Å². The highest BCUT2D eigenvalue weighted by molar-refractivity contribution is 7.93. The summed E-state index contributed by atoms with van der Waals surface area (Å²) >= 11 is 0. The number of hydrogen-bond donors (Lipinski definition) is 0. The Hall–Kier alpha value is -2.09. The zero-order chi connectivity index (χ0) is 14.4. The molecule has 2 aromatic carbocycles. The fourth-order valence-corrected chi connectivity index (χ4v) is 2.37. The van der Waals surface area contributed by atoms with Gasteiger partial charge in [-0.25, -0.2) is 0 Å². The average molecular weight is 285 g/mol. The summed E-state index contributed by atoms with van der Waals surface area (Å²) in [6, 6.07) is 18.5. The Morgan fingerprint density at radius 1 is 0.950 bits per heavy atom. The first-order chi connectivity index (χ1) is 9.58. The number of hydrogen-bond acceptors (Lipinski definition) is 2. The molecule has 0 saturated heterocycles. The summed E-state index contributed by atoms with van der Waals surface area (Å²) in [4.78, 5) is 0. The fourth-order valence-electron chi connectivity index (χ4n) is 1.65. The van der Waals surface area contributed by atoms with E-state index in [4.69, 9.17) is 0 Å². The average Bonchev–Trinajstić information content (AvgIpc) is 2.47. The molecule has 0 saturated carbocycles. The number of sulfonamides is 1. The van der Waals surface area contributed by atoms with Crippen LogP contribution in [0.1, 0.15) is 11.1 Å². The first-order valence-electron chi connectivity index (χ1n) is 6.16. The van der Waals surface area contributed by atoms with Gasteiger partial charge in [0, 0.05) is 24.4 Å². The van der Waals surface area contributed by atoms with E-state index in [1.807, 2.05) is 48.5 Å². The van der Waals surface area contributed by atoms with Crippen LogP contribution in [0.2, 0.25) is 0 Å². The molecular weight excluding hydrogens is 270 g/mol. The van der Waals surface area contributed by atoms with Crippen molar-refractivity contribution < 1.29 is 8.42 Å². The Labute approximate surface area is 119 Å². The molecule has 0 unspecified atom stereocenters. The molecular formula is C16H15NO2S. The molecule has 0 atom stereocenters. The fraction of sp³-hybridized carbons (Fsp3) is 0.125. The third-order valence-electron chi connectivity index (χ3n) is 2.76. The van der Waals surface area contributed by atoms with Gasteiger partial charge in [0.05, 0.1) is 0 Å². The van der Waals surface area contributed by atoms with Crippen molar-refractivity contribution in [1.82, 2.24) is 4.31 Å². The Morgan fingerprint density at radius 2 is 1.50 bits per heavy atom. The molecule has 2 rings (SSSR count). The van der Waals surface area contributed by atoms with E-state index in [1.54, 1.807) is 12.1 Å². The molecule has 0 aliphatic heterocycles. The van der Waals surface area contributed by atoms with E-state index in [1.165, 1.54) is 11.4 Å². The van der Waals surface area contributed by atoms with Gasteiger partial charge in [-0.1, -0.05) is 48.5 Å². The van der Waals surface area contributed by atoms with Gasteiger partial charge in [-0.05, 0) is 23.6 Å². The molecule has 0 spiro atoms. The topological polar surface area (TPSA) is 37.4 Å². The van der Waals surface area contributed by atoms with Crippen LogP contribution in [0.4, 0.5) is 0 Å². The van der Waals surface area contributed by atoms with E-state index in [-0.39, 0.29) is 0 Å². The van der Waals surface area contributed by atoms with Gasteiger partial charge >= 0.3 is 0 Å². The van der Waals surface area contributed by atoms with Gasteiger partial charge in [0.1, 0.15) is 0 Å². The standard InChI is InChI=1S/C16H15NO2S/c1-17(14-16-10-6-3-7-11-16)20(18,19)13-12-15-8-4-2-5-9-15/h2-11H,14H2,1H3. The molecule has 0 aromatic heterocycles. The van der Waals surface area contributed by atoms with E-state index in [0.717, 1.165) is 5.56 Å². The summed E-state index contributed by atoms with van der Waals surface area (Å²) in [5.74, 6) is 2.67. The van der Waals surface area contributed by atoms with E-state index in [2.05, 4.69) is 11.2 Å². The third kappa shape index (κ3) is 3.95. The summed E-state index contributed by atoms with van der Waals surface area (Å²) in [6.07, 6.45) is 0. The van der Waals surface area contributed by atoms with Crippen LogP contribution in [0.15, 0.2) is 60.7 Å². The predicted molar refractivity (Wildman–Crippen MR) is 80.1 cm³/mol. The lowest BCUT2D eigenvalue weighted by atomic mass is 10.2. The summed E-state index contributed by atoms with van der Waals surface area (Å²) < 4.78 is 25.4. The van der Waals surface area contributed by atoms with Crippen LogP contribution in [-0.4, -0.2) is 19.8 Å². The molecule has 0 fully saturated rings. The maximum atomic E-state index is 12.1. The molecule has 0 amide bonds. The maximum Gasteiger partial charge on any atom is 0.283 e. The Balaban J connectivity index is 2.13. The van der Waals surface area contributed by atoms with Crippen molar-refractivity contribution in [3.05, 3.63) is 71.8 Å². The van der Waals surface area contributed by atoms with Gasteiger partial charge in [-0.15, -0.1) is 0 Å². The van der Waals surface area contributed by atoms with E-state index < -0.39 is 10.0 Å². The van der Waals surface area contributed by atoms with Gasteiger partial charge in [0.15, 0.2) is 0 Å². The second kappa shape index (κ2) is 6.38.